The fourth-order valence-electron chi connectivity index (χ4n) is 6.38. The van der Waals surface area contributed by atoms with Gasteiger partial charge < -0.3 is 20.1 Å². The number of anilines is 1. The molecule has 7 nitrogen and oxygen atoms in total. The van der Waals surface area contributed by atoms with E-state index in [-0.39, 0.29) is 29.9 Å². The first-order valence-corrected chi connectivity index (χ1v) is 12.5. The van der Waals surface area contributed by atoms with Gasteiger partial charge >= 0.3 is 0 Å². The standard InChI is InChI=1S/C26H30F2N4O3/c27-26(28)9-6-18-17(2-1-3-19(18)26)14-29-23-22(24-34-10-11-35-24)20(30-15-31-23)12-21(33)32-25-7-4-16(13-25)5-8-25/h1-3,15-16,24H,4-14H2,(H,32,33)(H,29,30,31). The largest absolute Gasteiger partial charge is 0.365 e. The Bertz CT molecular complexity index is 1130. The van der Waals surface area contributed by atoms with Crippen LogP contribution in [0.3, 0.4) is 0 Å². The number of aromatic nitrogens is 2. The minimum absolute atomic E-state index is 0.0560. The van der Waals surface area contributed by atoms with E-state index in [9.17, 15) is 13.6 Å². The second-order valence-electron chi connectivity index (χ2n) is 10.3. The van der Waals surface area contributed by atoms with Gasteiger partial charge in [0.25, 0.3) is 5.92 Å². The third-order valence-corrected chi connectivity index (χ3v) is 8.10. The number of rotatable bonds is 7. The molecule has 9 heteroatoms. The third-order valence-electron chi connectivity index (χ3n) is 8.10. The van der Waals surface area contributed by atoms with Crippen molar-refractivity contribution < 1.29 is 23.0 Å². The second-order valence-corrected chi connectivity index (χ2v) is 10.3. The van der Waals surface area contributed by atoms with Gasteiger partial charge in [0.15, 0.2) is 6.29 Å². The maximum Gasteiger partial charge on any atom is 0.273 e. The number of amides is 1. The summed E-state index contributed by atoms with van der Waals surface area (Å²) in [4.78, 5) is 21.9. The summed E-state index contributed by atoms with van der Waals surface area (Å²) < 4.78 is 40.0. The van der Waals surface area contributed by atoms with Gasteiger partial charge in [-0.1, -0.05) is 18.2 Å². The van der Waals surface area contributed by atoms with Crippen molar-refractivity contribution in [3.05, 3.63) is 52.5 Å². The summed E-state index contributed by atoms with van der Waals surface area (Å²) in [5, 5.41) is 6.58. The van der Waals surface area contributed by atoms with Crippen molar-refractivity contribution in [1.82, 2.24) is 15.3 Å². The monoisotopic (exact) mass is 484 g/mol. The molecule has 35 heavy (non-hydrogen) atoms. The minimum Gasteiger partial charge on any atom is -0.365 e. The number of ether oxygens (including phenoxy) is 2. The van der Waals surface area contributed by atoms with Crippen LogP contribution in [0.1, 0.15) is 72.8 Å². The van der Waals surface area contributed by atoms with Gasteiger partial charge in [0, 0.05) is 24.1 Å². The van der Waals surface area contributed by atoms with Crippen LogP contribution in [-0.2, 0) is 39.6 Å². The molecule has 1 amide bonds. The second kappa shape index (κ2) is 8.78. The van der Waals surface area contributed by atoms with E-state index in [2.05, 4.69) is 20.6 Å². The number of carbonyl (C=O) groups excluding carboxylic acids is 1. The first-order valence-electron chi connectivity index (χ1n) is 12.5. The van der Waals surface area contributed by atoms with Gasteiger partial charge in [-0.3, -0.25) is 4.79 Å². The molecule has 1 aromatic heterocycles. The Morgan fingerprint density at radius 2 is 1.91 bits per heavy atom. The topological polar surface area (TPSA) is 85.4 Å². The van der Waals surface area contributed by atoms with E-state index < -0.39 is 12.2 Å². The Kier molecular flexibility index (Phi) is 5.72. The number of halogens is 2. The van der Waals surface area contributed by atoms with Gasteiger partial charge in [0.1, 0.15) is 12.1 Å². The van der Waals surface area contributed by atoms with Gasteiger partial charge in [0.2, 0.25) is 5.91 Å². The summed E-state index contributed by atoms with van der Waals surface area (Å²) in [6.45, 7) is 1.21. The highest BCUT2D eigenvalue weighted by molar-refractivity contribution is 5.80. The van der Waals surface area contributed by atoms with Gasteiger partial charge in [-0.2, -0.15) is 0 Å². The summed E-state index contributed by atoms with van der Waals surface area (Å²) in [6.07, 6.45) is 6.57. The first kappa shape index (κ1) is 22.8. The highest BCUT2D eigenvalue weighted by Crippen LogP contribution is 2.47. The normalized spacial score (nSPS) is 26.7. The van der Waals surface area contributed by atoms with Crippen LogP contribution in [0, 0.1) is 5.92 Å². The van der Waals surface area contributed by atoms with Crippen molar-refractivity contribution in [2.24, 2.45) is 5.92 Å². The van der Waals surface area contributed by atoms with Crippen LogP contribution in [0.4, 0.5) is 14.6 Å². The van der Waals surface area contributed by atoms with Crippen molar-refractivity contribution in [2.45, 2.75) is 75.7 Å². The molecule has 0 radical (unpaired) electrons. The highest BCUT2D eigenvalue weighted by atomic mass is 19.3. The molecule has 186 valence electrons. The maximum absolute atomic E-state index is 14.2. The van der Waals surface area contributed by atoms with E-state index in [0.29, 0.717) is 48.8 Å². The zero-order valence-electron chi connectivity index (χ0n) is 19.6. The summed E-state index contributed by atoms with van der Waals surface area (Å²) >= 11 is 0. The van der Waals surface area contributed by atoms with Crippen molar-refractivity contribution in [1.29, 1.82) is 0 Å². The molecule has 1 aliphatic heterocycles. The van der Waals surface area contributed by atoms with Gasteiger partial charge in [-0.15, -0.1) is 0 Å². The number of benzene rings is 1. The van der Waals surface area contributed by atoms with Crippen LogP contribution in [0.5, 0.6) is 0 Å². The third kappa shape index (κ3) is 4.29. The van der Waals surface area contributed by atoms with Crippen molar-refractivity contribution in [3.63, 3.8) is 0 Å². The number of fused-ring (bicyclic) bond motifs is 3. The Morgan fingerprint density at radius 3 is 2.66 bits per heavy atom. The van der Waals surface area contributed by atoms with Gasteiger partial charge in [-0.05, 0) is 55.6 Å². The number of nitrogens with zero attached hydrogens (tertiary/aromatic N) is 2. The number of alkyl halides is 2. The summed E-state index contributed by atoms with van der Waals surface area (Å²) in [5.41, 5.74) is 2.71. The SMILES string of the molecule is O=C(Cc1ncnc(NCc2cccc3c2CCC3(F)F)c1C1OCCO1)NC12CCC(CC1)C2. The van der Waals surface area contributed by atoms with Crippen LogP contribution in [-0.4, -0.2) is 34.6 Å². The molecule has 3 fully saturated rings. The van der Waals surface area contributed by atoms with E-state index in [0.717, 1.165) is 30.7 Å². The highest BCUT2D eigenvalue weighted by Gasteiger charge is 2.45. The number of carbonyl (C=O) groups is 1. The average Bonchev–Trinajstić information content (AvgIpc) is 3.63. The Hall–Kier alpha value is -2.65. The molecule has 2 heterocycles. The fraction of sp³-hybridized carbons (Fsp3) is 0.577. The molecule has 4 aliphatic rings. The van der Waals surface area contributed by atoms with E-state index in [4.69, 9.17) is 9.47 Å². The lowest BCUT2D eigenvalue weighted by Crippen LogP contribution is -2.45. The number of nitrogens with one attached hydrogen (secondary N) is 2. The average molecular weight is 485 g/mol. The molecule has 2 N–H and O–H groups in total. The molecule has 0 atom stereocenters. The van der Waals surface area contributed by atoms with E-state index in [1.54, 1.807) is 6.07 Å². The lowest BCUT2D eigenvalue weighted by Gasteiger charge is -2.28. The van der Waals surface area contributed by atoms with Crippen LogP contribution >= 0.6 is 0 Å². The summed E-state index contributed by atoms with van der Waals surface area (Å²) in [6, 6.07) is 5.04. The summed E-state index contributed by atoms with van der Waals surface area (Å²) in [7, 11) is 0. The molecule has 3 aliphatic carbocycles. The van der Waals surface area contributed by atoms with Crippen molar-refractivity contribution in [3.8, 4) is 0 Å². The van der Waals surface area contributed by atoms with Gasteiger partial charge in [0.05, 0.1) is 30.9 Å². The Balaban J connectivity index is 1.23. The molecular weight excluding hydrogens is 454 g/mol. The molecule has 1 saturated heterocycles. The van der Waals surface area contributed by atoms with Crippen molar-refractivity contribution >= 4 is 11.7 Å². The van der Waals surface area contributed by atoms with Gasteiger partial charge in [-0.25, -0.2) is 18.7 Å². The predicted molar refractivity (Wildman–Crippen MR) is 124 cm³/mol. The smallest absolute Gasteiger partial charge is 0.273 e. The number of hydrogen-bond donors (Lipinski definition) is 2. The lowest BCUT2D eigenvalue weighted by atomic mass is 9.93. The van der Waals surface area contributed by atoms with Crippen LogP contribution in [0.2, 0.25) is 0 Å². The zero-order chi connectivity index (χ0) is 24.0. The minimum atomic E-state index is -2.78. The molecule has 1 aromatic carbocycles. The molecular formula is C26H30F2N4O3. The molecule has 6 rings (SSSR count). The van der Waals surface area contributed by atoms with E-state index in [1.807, 2.05) is 6.07 Å². The van der Waals surface area contributed by atoms with Crippen molar-refractivity contribution in [2.75, 3.05) is 18.5 Å². The first-order chi connectivity index (χ1) is 16.9. The number of hydrogen-bond acceptors (Lipinski definition) is 6. The molecule has 2 aromatic rings. The fourth-order valence-corrected chi connectivity index (χ4v) is 6.38. The van der Waals surface area contributed by atoms with Crippen LogP contribution in [0.25, 0.3) is 0 Å². The quantitative estimate of drug-likeness (QED) is 0.614. The van der Waals surface area contributed by atoms with E-state index in [1.165, 1.54) is 25.2 Å². The summed E-state index contributed by atoms with van der Waals surface area (Å²) in [5.74, 6) is -1.60. The molecule has 0 unspecified atom stereocenters. The van der Waals surface area contributed by atoms with Crippen LogP contribution in [0.15, 0.2) is 24.5 Å². The van der Waals surface area contributed by atoms with Crippen LogP contribution < -0.4 is 10.6 Å². The molecule has 0 spiro atoms. The molecule has 2 saturated carbocycles. The Labute approximate surface area is 203 Å². The lowest BCUT2D eigenvalue weighted by molar-refractivity contribution is -0.122. The molecule has 2 bridgehead atoms. The maximum atomic E-state index is 14.2. The zero-order valence-corrected chi connectivity index (χ0v) is 19.6. The van der Waals surface area contributed by atoms with E-state index >= 15 is 0 Å². The Morgan fingerprint density at radius 1 is 1.11 bits per heavy atom. The predicted octanol–water partition coefficient (Wildman–Crippen LogP) is 4.16.